The van der Waals surface area contributed by atoms with E-state index in [0.717, 1.165) is 23.6 Å². The summed E-state index contributed by atoms with van der Waals surface area (Å²) < 4.78 is 30.9. The van der Waals surface area contributed by atoms with E-state index >= 15 is 0 Å². The summed E-state index contributed by atoms with van der Waals surface area (Å²) in [7, 11) is -0.575. The van der Waals surface area contributed by atoms with Gasteiger partial charge >= 0.3 is 0 Å². The first kappa shape index (κ1) is 17.4. The van der Waals surface area contributed by atoms with Gasteiger partial charge in [0.2, 0.25) is 10.0 Å². The molecular formula is C12H17ClN4O3S2. The highest BCUT2D eigenvalue weighted by Crippen LogP contribution is 2.39. The van der Waals surface area contributed by atoms with Gasteiger partial charge in [0.1, 0.15) is 9.77 Å². The number of nitrogens with zero attached hydrogens (tertiary/aromatic N) is 3. The zero-order valence-electron chi connectivity index (χ0n) is 12.1. The molecule has 0 bridgehead atoms. The van der Waals surface area contributed by atoms with Crippen LogP contribution in [0.1, 0.15) is 25.1 Å². The third-order valence-corrected chi connectivity index (χ3v) is 6.59. The molecule has 0 spiro atoms. The monoisotopic (exact) mass is 364 g/mol. The minimum atomic E-state index is -3.55. The van der Waals surface area contributed by atoms with Gasteiger partial charge in [0.15, 0.2) is 5.82 Å². The highest BCUT2D eigenvalue weighted by molar-refractivity contribution is 7.89. The summed E-state index contributed by atoms with van der Waals surface area (Å²) >= 11 is 1.25. The summed E-state index contributed by atoms with van der Waals surface area (Å²) in [6.07, 6.45) is 2.68. The quantitative estimate of drug-likeness (QED) is 0.887. The molecule has 122 valence electrons. The molecule has 7 nitrogen and oxygen atoms in total. The van der Waals surface area contributed by atoms with Crippen molar-refractivity contribution < 1.29 is 12.9 Å². The molecule has 2 N–H and O–H groups in total. The number of sulfonamides is 1. The molecule has 22 heavy (non-hydrogen) atoms. The number of rotatable bonds is 4. The molecule has 0 amide bonds. The lowest BCUT2D eigenvalue weighted by Gasteiger charge is -2.34. The topological polar surface area (TPSA) is 102 Å². The van der Waals surface area contributed by atoms with E-state index in [1.807, 2.05) is 0 Å². The first-order valence-corrected chi connectivity index (χ1v) is 8.80. The Morgan fingerprint density at radius 3 is 2.64 bits per heavy atom. The van der Waals surface area contributed by atoms with Crippen molar-refractivity contribution in [2.75, 3.05) is 14.1 Å². The largest absolute Gasteiger partial charge is 0.333 e. The molecule has 0 radical (unpaired) electrons. The molecule has 1 saturated carbocycles. The van der Waals surface area contributed by atoms with Crippen molar-refractivity contribution in [3.8, 4) is 10.8 Å². The Labute approximate surface area is 139 Å². The zero-order valence-corrected chi connectivity index (χ0v) is 14.6. The van der Waals surface area contributed by atoms with Crippen LogP contribution in [0.3, 0.4) is 0 Å². The van der Waals surface area contributed by atoms with Gasteiger partial charge in [-0.25, -0.2) is 12.7 Å². The first-order valence-electron chi connectivity index (χ1n) is 6.48. The average Bonchev–Trinajstić information content (AvgIpc) is 3.04. The number of thiophene rings is 1. The van der Waals surface area contributed by atoms with Gasteiger partial charge in [-0.05, 0) is 30.7 Å². The Morgan fingerprint density at radius 2 is 2.09 bits per heavy atom. The van der Waals surface area contributed by atoms with Crippen LogP contribution >= 0.6 is 23.7 Å². The second-order valence-corrected chi connectivity index (χ2v) is 8.37. The van der Waals surface area contributed by atoms with Crippen molar-refractivity contribution in [1.29, 1.82) is 0 Å². The van der Waals surface area contributed by atoms with Crippen LogP contribution in [0.4, 0.5) is 0 Å². The molecule has 0 aromatic carbocycles. The Kier molecular flexibility index (Phi) is 4.65. The Hall–Kier alpha value is -1.00. The maximum Gasteiger partial charge on any atom is 0.269 e. The molecule has 2 aromatic heterocycles. The number of hydrogen-bond donors (Lipinski definition) is 1. The van der Waals surface area contributed by atoms with Crippen LogP contribution in [0.5, 0.6) is 0 Å². The smallest absolute Gasteiger partial charge is 0.269 e. The molecule has 0 unspecified atom stereocenters. The number of hydrogen-bond acceptors (Lipinski definition) is 7. The predicted octanol–water partition coefficient (Wildman–Crippen LogP) is 1.81. The lowest BCUT2D eigenvalue weighted by molar-refractivity contribution is 0.229. The molecule has 2 aromatic rings. The van der Waals surface area contributed by atoms with Gasteiger partial charge in [-0.3, -0.25) is 0 Å². The molecule has 2 heterocycles. The highest BCUT2D eigenvalue weighted by Gasteiger charge is 2.39. The van der Waals surface area contributed by atoms with Gasteiger partial charge in [-0.15, -0.1) is 23.7 Å². The third kappa shape index (κ3) is 2.67. The lowest BCUT2D eigenvalue weighted by Crippen LogP contribution is -2.44. The van der Waals surface area contributed by atoms with E-state index in [2.05, 4.69) is 10.1 Å². The average molecular weight is 365 g/mol. The van der Waals surface area contributed by atoms with E-state index in [0.29, 0.717) is 10.7 Å². The van der Waals surface area contributed by atoms with Crippen LogP contribution in [0.15, 0.2) is 20.9 Å². The van der Waals surface area contributed by atoms with Crippen LogP contribution < -0.4 is 5.73 Å². The van der Waals surface area contributed by atoms with Gasteiger partial charge in [0.25, 0.3) is 5.89 Å². The number of nitrogens with two attached hydrogens (primary N) is 1. The van der Waals surface area contributed by atoms with Crippen LogP contribution in [0.2, 0.25) is 0 Å². The molecule has 0 atom stereocenters. The summed E-state index contributed by atoms with van der Waals surface area (Å²) in [6, 6.07) is 1.54. The lowest BCUT2D eigenvalue weighted by atomic mass is 9.77. The maximum atomic E-state index is 12.3. The first-order chi connectivity index (χ1) is 9.84. The molecule has 1 aliphatic carbocycles. The minimum absolute atomic E-state index is 0. The standard InChI is InChI=1S/C12H16N4O3S2.ClH/c1-16(2)21(17,18)8-4-7-20-9(8)10-14-11(15-19-10)12(13)5-3-6-12;/h4,7H,3,5-6,13H2,1-2H3;1H. The fourth-order valence-corrected chi connectivity index (χ4v) is 4.36. The van der Waals surface area contributed by atoms with Crippen molar-refractivity contribution in [2.45, 2.75) is 29.7 Å². The van der Waals surface area contributed by atoms with E-state index in [4.69, 9.17) is 10.3 Å². The fraction of sp³-hybridized carbons (Fsp3) is 0.500. The Balaban J connectivity index is 0.00000176. The second kappa shape index (κ2) is 5.89. The predicted molar refractivity (Wildman–Crippen MR) is 85.4 cm³/mol. The van der Waals surface area contributed by atoms with E-state index in [1.54, 1.807) is 11.4 Å². The van der Waals surface area contributed by atoms with Crippen molar-refractivity contribution in [2.24, 2.45) is 5.73 Å². The molecule has 1 aliphatic rings. The molecule has 3 rings (SSSR count). The normalized spacial score (nSPS) is 17.1. The van der Waals surface area contributed by atoms with Crippen LogP contribution in [0, 0.1) is 0 Å². The highest BCUT2D eigenvalue weighted by atomic mass is 35.5. The summed E-state index contributed by atoms with van der Waals surface area (Å²) in [5.74, 6) is 0.655. The SMILES string of the molecule is CN(C)S(=O)(=O)c1ccsc1-c1nc(C2(N)CCC2)no1.Cl. The molecule has 1 fully saturated rings. The van der Waals surface area contributed by atoms with Gasteiger partial charge in [-0.2, -0.15) is 4.98 Å². The Bertz CT molecular complexity index is 765. The van der Waals surface area contributed by atoms with E-state index in [1.165, 1.54) is 25.4 Å². The van der Waals surface area contributed by atoms with Crippen molar-refractivity contribution >= 4 is 33.8 Å². The maximum absolute atomic E-state index is 12.3. The van der Waals surface area contributed by atoms with Crippen molar-refractivity contribution in [1.82, 2.24) is 14.4 Å². The van der Waals surface area contributed by atoms with Crippen molar-refractivity contribution in [3.63, 3.8) is 0 Å². The zero-order chi connectivity index (χ0) is 15.3. The molecule has 0 aliphatic heterocycles. The van der Waals surface area contributed by atoms with Gasteiger partial charge in [0.05, 0.1) is 5.54 Å². The van der Waals surface area contributed by atoms with E-state index < -0.39 is 15.6 Å². The van der Waals surface area contributed by atoms with Crippen LogP contribution in [0.25, 0.3) is 10.8 Å². The minimum Gasteiger partial charge on any atom is -0.333 e. The molecule has 0 saturated heterocycles. The van der Waals surface area contributed by atoms with Crippen LogP contribution in [-0.4, -0.2) is 37.0 Å². The summed E-state index contributed by atoms with van der Waals surface area (Å²) in [5.41, 5.74) is 5.63. The van der Waals surface area contributed by atoms with Crippen molar-refractivity contribution in [3.05, 3.63) is 17.3 Å². The second-order valence-electron chi connectivity index (χ2n) is 5.33. The van der Waals surface area contributed by atoms with Gasteiger partial charge in [-0.1, -0.05) is 5.16 Å². The van der Waals surface area contributed by atoms with E-state index in [9.17, 15) is 8.42 Å². The summed E-state index contributed by atoms with van der Waals surface area (Å²) in [5, 5.41) is 5.61. The number of aromatic nitrogens is 2. The third-order valence-electron chi connectivity index (χ3n) is 3.70. The van der Waals surface area contributed by atoms with Gasteiger partial charge in [0, 0.05) is 14.1 Å². The summed E-state index contributed by atoms with van der Waals surface area (Å²) in [4.78, 5) is 4.93. The molecule has 10 heteroatoms. The Morgan fingerprint density at radius 1 is 1.41 bits per heavy atom. The number of halogens is 1. The fourth-order valence-electron chi connectivity index (χ4n) is 2.15. The van der Waals surface area contributed by atoms with E-state index in [-0.39, 0.29) is 23.2 Å². The van der Waals surface area contributed by atoms with Gasteiger partial charge < -0.3 is 10.3 Å². The summed E-state index contributed by atoms with van der Waals surface area (Å²) in [6.45, 7) is 0. The van der Waals surface area contributed by atoms with Crippen LogP contribution in [-0.2, 0) is 15.6 Å². The molecular weight excluding hydrogens is 348 g/mol.